The van der Waals surface area contributed by atoms with Crippen LogP contribution in [0.3, 0.4) is 0 Å². The van der Waals surface area contributed by atoms with Crippen LogP contribution in [0.15, 0.2) is 33.9 Å². The number of benzene rings is 1. The van der Waals surface area contributed by atoms with Crippen LogP contribution in [0.4, 0.5) is 0 Å². The molecule has 1 saturated heterocycles. The maximum Gasteiger partial charge on any atom is 0.331 e. The second-order valence-corrected chi connectivity index (χ2v) is 5.65. The molecule has 8 heteroatoms. The second kappa shape index (κ2) is 6.60. The minimum absolute atomic E-state index is 0.141. The molecule has 0 aliphatic carbocycles. The van der Waals surface area contributed by atoms with E-state index in [0.29, 0.717) is 10.0 Å². The molecule has 1 aliphatic heterocycles. The zero-order valence-corrected chi connectivity index (χ0v) is 12.6. The summed E-state index contributed by atoms with van der Waals surface area (Å²) in [6.45, 7) is 0.469. The third-order valence-electron chi connectivity index (χ3n) is 3.39. The number of likely N-dealkylation sites (tertiary alicyclic amines) is 1. The van der Waals surface area contributed by atoms with Gasteiger partial charge < -0.3 is 10.0 Å². The van der Waals surface area contributed by atoms with Gasteiger partial charge in [-0.3, -0.25) is 4.79 Å². The van der Waals surface area contributed by atoms with Gasteiger partial charge in [0.15, 0.2) is 6.04 Å². The Hall–Kier alpha value is -2.05. The maximum atomic E-state index is 12.1. The van der Waals surface area contributed by atoms with Crippen molar-refractivity contribution in [1.82, 2.24) is 4.90 Å². The number of halogens is 1. The van der Waals surface area contributed by atoms with E-state index < -0.39 is 12.0 Å². The van der Waals surface area contributed by atoms with E-state index in [4.69, 9.17) is 5.53 Å². The molecule has 1 heterocycles. The van der Waals surface area contributed by atoms with E-state index in [0.717, 1.165) is 0 Å². The van der Waals surface area contributed by atoms with Gasteiger partial charge >= 0.3 is 5.97 Å². The highest BCUT2D eigenvalue weighted by Gasteiger charge is 2.38. The first-order valence-corrected chi connectivity index (χ1v) is 7.11. The summed E-state index contributed by atoms with van der Waals surface area (Å²) in [6, 6.07) is 5.89. The van der Waals surface area contributed by atoms with Gasteiger partial charge in [0, 0.05) is 34.5 Å². The molecule has 1 aliphatic rings. The first kappa shape index (κ1) is 15.3. The van der Waals surface area contributed by atoms with Crippen LogP contribution in [0.25, 0.3) is 10.4 Å². The molecule has 0 bridgehead atoms. The lowest BCUT2D eigenvalue weighted by atomic mass is 10.1. The molecule has 1 aromatic carbocycles. The predicted octanol–water partition coefficient (Wildman–Crippen LogP) is 2.73. The van der Waals surface area contributed by atoms with E-state index in [-0.39, 0.29) is 31.3 Å². The van der Waals surface area contributed by atoms with Crippen LogP contribution in [0, 0.1) is 5.92 Å². The zero-order valence-electron chi connectivity index (χ0n) is 11.0. The number of carbonyl (C=O) groups excluding carboxylic acids is 1. The number of azide groups is 1. The van der Waals surface area contributed by atoms with Crippen molar-refractivity contribution in [2.24, 2.45) is 11.0 Å². The van der Waals surface area contributed by atoms with Crippen molar-refractivity contribution in [2.45, 2.75) is 12.5 Å². The van der Waals surface area contributed by atoms with Gasteiger partial charge in [0.05, 0.1) is 0 Å². The molecular weight excluding hydrogens is 340 g/mol. The Labute approximate surface area is 129 Å². The lowest BCUT2D eigenvalue weighted by molar-refractivity contribution is -0.148. The minimum Gasteiger partial charge on any atom is -0.479 e. The Morgan fingerprint density at radius 2 is 2.29 bits per heavy atom. The van der Waals surface area contributed by atoms with Crippen LogP contribution in [0.1, 0.15) is 18.0 Å². The molecular formula is C13H13BrN4O3. The first-order valence-electron chi connectivity index (χ1n) is 6.32. The number of carboxylic acids is 1. The molecule has 21 heavy (non-hydrogen) atoms. The fourth-order valence-electron chi connectivity index (χ4n) is 2.46. The fourth-order valence-corrected chi connectivity index (χ4v) is 2.97. The Kier molecular flexibility index (Phi) is 4.82. The van der Waals surface area contributed by atoms with Crippen molar-refractivity contribution < 1.29 is 14.7 Å². The number of amides is 1. The van der Waals surface area contributed by atoms with Crippen LogP contribution in [0.5, 0.6) is 0 Å². The maximum absolute atomic E-state index is 12.1. The van der Waals surface area contributed by atoms with E-state index in [1.54, 1.807) is 24.3 Å². The van der Waals surface area contributed by atoms with Gasteiger partial charge in [0.1, 0.15) is 0 Å². The summed E-state index contributed by atoms with van der Waals surface area (Å²) in [5.74, 6) is -1.46. The summed E-state index contributed by atoms with van der Waals surface area (Å²) in [7, 11) is 0. The quantitative estimate of drug-likeness (QED) is 0.500. The van der Waals surface area contributed by atoms with Crippen molar-refractivity contribution in [3.05, 3.63) is 44.7 Å². The monoisotopic (exact) mass is 352 g/mol. The van der Waals surface area contributed by atoms with Gasteiger partial charge in [-0.15, -0.1) is 0 Å². The van der Waals surface area contributed by atoms with Gasteiger partial charge in [0.25, 0.3) is 0 Å². The summed E-state index contributed by atoms with van der Waals surface area (Å²) < 4.78 is 0.642. The molecule has 2 rings (SSSR count). The zero-order chi connectivity index (χ0) is 15.4. The molecule has 0 saturated carbocycles. The van der Waals surface area contributed by atoms with E-state index in [1.807, 2.05) is 0 Å². The average molecular weight is 353 g/mol. The fraction of sp³-hybridized carbons (Fsp3) is 0.385. The van der Waals surface area contributed by atoms with Gasteiger partial charge in [0.2, 0.25) is 5.91 Å². The molecule has 2 unspecified atom stereocenters. The minimum atomic E-state index is -1.08. The number of hydrogen-bond donors (Lipinski definition) is 1. The van der Waals surface area contributed by atoms with Crippen molar-refractivity contribution in [3.8, 4) is 0 Å². The van der Waals surface area contributed by atoms with Crippen molar-refractivity contribution >= 4 is 27.8 Å². The Bertz CT molecular complexity index is 615. The third kappa shape index (κ3) is 3.34. The highest BCUT2D eigenvalue weighted by molar-refractivity contribution is 9.10. The summed E-state index contributed by atoms with van der Waals surface area (Å²) in [6.07, 6.45) is 0.202. The Morgan fingerprint density at radius 3 is 2.90 bits per heavy atom. The SMILES string of the molecule is [N-]=[N+]=NCC1CC(=O)N(C(C(=O)O)c2ccccc2Br)C1. The Balaban J connectivity index is 2.28. The largest absolute Gasteiger partial charge is 0.479 e. The molecule has 2 atom stereocenters. The van der Waals surface area contributed by atoms with E-state index in [1.165, 1.54) is 4.90 Å². The average Bonchev–Trinajstić information content (AvgIpc) is 2.80. The van der Waals surface area contributed by atoms with Gasteiger partial charge in [-0.2, -0.15) is 0 Å². The highest BCUT2D eigenvalue weighted by atomic mass is 79.9. The molecule has 7 nitrogen and oxygen atoms in total. The summed E-state index contributed by atoms with van der Waals surface area (Å²) >= 11 is 3.32. The van der Waals surface area contributed by atoms with E-state index in [2.05, 4.69) is 26.0 Å². The number of rotatable bonds is 5. The van der Waals surface area contributed by atoms with Gasteiger partial charge in [-0.25, -0.2) is 4.79 Å². The first-order chi connectivity index (χ1) is 10.0. The molecule has 110 valence electrons. The third-order valence-corrected chi connectivity index (χ3v) is 4.11. The molecule has 0 radical (unpaired) electrons. The van der Waals surface area contributed by atoms with Crippen molar-refractivity contribution in [3.63, 3.8) is 0 Å². The smallest absolute Gasteiger partial charge is 0.331 e. The standard InChI is InChI=1S/C13H13BrN4O3/c14-10-4-2-1-3-9(10)12(13(20)21)18-7-8(5-11(18)19)6-16-17-15/h1-4,8,12H,5-7H2,(H,20,21). The number of carbonyl (C=O) groups is 2. The number of aliphatic carboxylic acids is 1. The molecule has 1 fully saturated rings. The van der Waals surface area contributed by atoms with Gasteiger partial charge in [-0.1, -0.05) is 39.2 Å². The van der Waals surface area contributed by atoms with Gasteiger partial charge in [-0.05, 0) is 17.5 Å². The molecule has 1 N–H and O–H groups in total. The van der Waals surface area contributed by atoms with Crippen LogP contribution in [0.2, 0.25) is 0 Å². The topological polar surface area (TPSA) is 106 Å². The summed E-state index contributed by atoms with van der Waals surface area (Å²) in [5, 5.41) is 13.0. The van der Waals surface area contributed by atoms with E-state index in [9.17, 15) is 14.7 Å². The molecule has 1 amide bonds. The van der Waals surface area contributed by atoms with Crippen LogP contribution in [-0.4, -0.2) is 35.0 Å². The summed E-state index contributed by atoms with van der Waals surface area (Å²) in [4.78, 5) is 27.7. The predicted molar refractivity (Wildman–Crippen MR) is 78.4 cm³/mol. The normalized spacial score (nSPS) is 19.2. The molecule has 0 spiro atoms. The van der Waals surface area contributed by atoms with Crippen LogP contribution >= 0.6 is 15.9 Å². The summed E-state index contributed by atoms with van der Waals surface area (Å²) in [5.41, 5.74) is 8.86. The number of carboxylic acid groups (broad SMARTS) is 1. The highest BCUT2D eigenvalue weighted by Crippen LogP contribution is 2.33. The van der Waals surface area contributed by atoms with E-state index >= 15 is 0 Å². The second-order valence-electron chi connectivity index (χ2n) is 4.79. The lowest BCUT2D eigenvalue weighted by Gasteiger charge is -2.25. The lowest BCUT2D eigenvalue weighted by Crippen LogP contribution is -2.35. The molecule has 1 aromatic rings. The van der Waals surface area contributed by atoms with Crippen LogP contribution in [-0.2, 0) is 9.59 Å². The van der Waals surface area contributed by atoms with Crippen molar-refractivity contribution in [2.75, 3.05) is 13.1 Å². The molecule has 0 aromatic heterocycles. The number of nitrogens with zero attached hydrogens (tertiary/aromatic N) is 4. The van der Waals surface area contributed by atoms with Crippen LogP contribution < -0.4 is 0 Å². The van der Waals surface area contributed by atoms with Crippen molar-refractivity contribution in [1.29, 1.82) is 0 Å². The number of hydrogen-bond acceptors (Lipinski definition) is 3. The Morgan fingerprint density at radius 1 is 1.57 bits per heavy atom.